The summed E-state index contributed by atoms with van der Waals surface area (Å²) in [5.41, 5.74) is 1.10. The van der Waals surface area contributed by atoms with Crippen LogP contribution in [0.15, 0.2) is 30.3 Å². The van der Waals surface area contributed by atoms with E-state index in [0.717, 1.165) is 24.2 Å². The van der Waals surface area contributed by atoms with Gasteiger partial charge < -0.3 is 14.7 Å². The molecule has 1 amide bonds. The van der Waals surface area contributed by atoms with Gasteiger partial charge in [0.1, 0.15) is 12.1 Å². The Morgan fingerprint density at radius 1 is 1.23 bits per heavy atom. The lowest BCUT2D eigenvalue weighted by Gasteiger charge is -2.32. The Labute approximate surface area is 188 Å². The van der Waals surface area contributed by atoms with Gasteiger partial charge in [-0.05, 0) is 57.3 Å². The summed E-state index contributed by atoms with van der Waals surface area (Å²) in [5, 5.41) is 12.8. The molecule has 1 saturated heterocycles. The molecule has 3 atom stereocenters. The standard InChI is InChI=1S/C23H34N2O5S/c1-3-30-23(29)19(13-12-18-9-5-4-6-10-18)24-17(2)21(26)25-14-16-31-15-8-7-11-20(25)22(27)28/h4-6,9-10,17,19-20,24H,3,7-8,11-16H2,1-2H3,(H,27,28)/t17-,19?,20?/m0/s1. The van der Waals surface area contributed by atoms with Crippen molar-refractivity contribution in [2.45, 2.75) is 64.1 Å². The van der Waals surface area contributed by atoms with Crippen molar-refractivity contribution in [1.82, 2.24) is 10.2 Å². The lowest BCUT2D eigenvalue weighted by atomic mass is 10.0. The first-order chi connectivity index (χ1) is 14.9. The average molecular weight is 451 g/mol. The van der Waals surface area contributed by atoms with Gasteiger partial charge in [-0.2, -0.15) is 11.8 Å². The van der Waals surface area contributed by atoms with E-state index in [1.807, 2.05) is 30.3 Å². The molecule has 1 aliphatic rings. The number of esters is 1. The molecule has 0 saturated carbocycles. The molecule has 0 bridgehead atoms. The number of carboxylic acids is 1. The molecule has 0 spiro atoms. The Balaban J connectivity index is 2.09. The Kier molecular flexibility index (Phi) is 10.9. The second kappa shape index (κ2) is 13.4. The summed E-state index contributed by atoms with van der Waals surface area (Å²) in [6.45, 7) is 4.09. The maximum absolute atomic E-state index is 13.2. The van der Waals surface area contributed by atoms with E-state index in [4.69, 9.17) is 4.74 Å². The molecular weight excluding hydrogens is 416 g/mol. The summed E-state index contributed by atoms with van der Waals surface area (Å²) in [6, 6.07) is 7.65. The first-order valence-corrected chi connectivity index (χ1v) is 12.2. The van der Waals surface area contributed by atoms with E-state index >= 15 is 0 Å². The molecule has 2 unspecified atom stereocenters. The number of hydrogen-bond donors (Lipinski definition) is 2. The molecule has 0 radical (unpaired) electrons. The quantitative estimate of drug-likeness (QED) is 0.559. The number of amides is 1. The second-order valence-corrected chi connectivity index (χ2v) is 8.94. The minimum Gasteiger partial charge on any atom is -0.480 e. The van der Waals surface area contributed by atoms with Crippen LogP contribution in [0.3, 0.4) is 0 Å². The second-order valence-electron chi connectivity index (χ2n) is 7.71. The van der Waals surface area contributed by atoms with Gasteiger partial charge in [-0.25, -0.2) is 4.79 Å². The zero-order valence-corrected chi connectivity index (χ0v) is 19.2. The van der Waals surface area contributed by atoms with Crippen molar-refractivity contribution in [1.29, 1.82) is 0 Å². The highest BCUT2D eigenvalue weighted by Gasteiger charge is 2.34. The Morgan fingerprint density at radius 3 is 2.65 bits per heavy atom. The average Bonchev–Trinajstić information content (AvgIpc) is 2.88. The van der Waals surface area contributed by atoms with Gasteiger partial charge in [0.2, 0.25) is 5.91 Å². The topological polar surface area (TPSA) is 95.9 Å². The van der Waals surface area contributed by atoms with E-state index in [-0.39, 0.29) is 12.5 Å². The van der Waals surface area contributed by atoms with Crippen LogP contribution in [0.2, 0.25) is 0 Å². The Hall–Kier alpha value is -2.06. The van der Waals surface area contributed by atoms with Gasteiger partial charge in [0.25, 0.3) is 0 Å². The van der Waals surface area contributed by atoms with Crippen LogP contribution in [0, 0.1) is 0 Å². The third-order valence-corrected chi connectivity index (χ3v) is 6.44. The molecular formula is C23H34N2O5S. The number of benzene rings is 1. The van der Waals surface area contributed by atoms with E-state index in [0.29, 0.717) is 31.6 Å². The van der Waals surface area contributed by atoms with Crippen LogP contribution >= 0.6 is 11.8 Å². The van der Waals surface area contributed by atoms with E-state index < -0.39 is 30.1 Å². The van der Waals surface area contributed by atoms with Crippen LogP contribution in [0.5, 0.6) is 0 Å². The molecule has 1 heterocycles. The van der Waals surface area contributed by atoms with E-state index in [9.17, 15) is 19.5 Å². The monoisotopic (exact) mass is 450 g/mol. The Bertz CT molecular complexity index is 715. The summed E-state index contributed by atoms with van der Waals surface area (Å²) in [7, 11) is 0. The third-order valence-electron chi connectivity index (χ3n) is 5.39. The zero-order valence-electron chi connectivity index (χ0n) is 18.4. The first-order valence-electron chi connectivity index (χ1n) is 11.0. The zero-order chi connectivity index (χ0) is 22.6. The van der Waals surface area contributed by atoms with E-state index in [2.05, 4.69) is 5.32 Å². The smallest absolute Gasteiger partial charge is 0.326 e. The Morgan fingerprint density at radius 2 is 1.97 bits per heavy atom. The van der Waals surface area contributed by atoms with Gasteiger partial charge in [-0.3, -0.25) is 14.9 Å². The normalized spacial score (nSPS) is 19.4. The number of carboxylic acid groups (broad SMARTS) is 1. The molecule has 31 heavy (non-hydrogen) atoms. The predicted octanol–water partition coefficient (Wildman–Crippen LogP) is 2.73. The van der Waals surface area contributed by atoms with Crippen LogP contribution < -0.4 is 5.32 Å². The van der Waals surface area contributed by atoms with Crippen molar-refractivity contribution in [3.05, 3.63) is 35.9 Å². The van der Waals surface area contributed by atoms with Gasteiger partial charge >= 0.3 is 11.9 Å². The van der Waals surface area contributed by atoms with Gasteiger partial charge in [-0.15, -0.1) is 0 Å². The molecule has 1 aromatic carbocycles. The predicted molar refractivity (Wildman–Crippen MR) is 122 cm³/mol. The molecule has 8 heteroatoms. The molecule has 2 N–H and O–H groups in total. The van der Waals surface area contributed by atoms with Crippen molar-refractivity contribution in [3.8, 4) is 0 Å². The number of aliphatic carboxylic acids is 1. The SMILES string of the molecule is CCOC(=O)C(CCc1ccccc1)N[C@@H](C)C(=O)N1CCSCCCCC1C(=O)O. The van der Waals surface area contributed by atoms with Crippen molar-refractivity contribution in [2.24, 2.45) is 0 Å². The number of thioether (sulfide) groups is 1. The van der Waals surface area contributed by atoms with Crippen molar-refractivity contribution in [3.63, 3.8) is 0 Å². The van der Waals surface area contributed by atoms with E-state index in [1.165, 1.54) is 4.90 Å². The van der Waals surface area contributed by atoms with Gasteiger partial charge in [-0.1, -0.05) is 30.3 Å². The fraction of sp³-hybridized carbons (Fsp3) is 0.609. The van der Waals surface area contributed by atoms with Crippen molar-refractivity contribution in [2.75, 3.05) is 24.7 Å². The fourth-order valence-corrected chi connectivity index (χ4v) is 4.67. The summed E-state index contributed by atoms with van der Waals surface area (Å²) >= 11 is 1.74. The maximum Gasteiger partial charge on any atom is 0.326 e. The lowest BCUT2D eigenvalue weighted by molar-refractivity contribution is -0.152. The minimum atomic E-state index is -0.974. The van der Waals surface area contributed by atoms with Gasteiger partial charge in [0.05, 0.1) is 12.6 Å². The summed E-state index contributed by atoms with van der Waals surface area (Å²) in [5.74, 6) is 0.0275. The third kappa shape index (κ3) is 8.18. The number of rotatable bonds is 9. The van der Waals surface area contributed by atoms with Crippen molar-refractivity contribution >= 4 is 29.6 Å². The molecule has 1 aromatic rings. The summed E-state index contributed by atoms with van der Waals surface area (Å²) < 4.78 is 5.21. The van der Waals surface area contributed by atoms with Crippen LogP contribution in [0.1, 0.15) is 45.1 Å². The van der Waals surface area contributed by atoms with Crippen molar-refractivity contribution < 1.29 is 24.2 Å². The van der Waals surface area contributed by atoms with Crippen LogP contribution in [0.4, 0.5) is 0 Å². The fourth-order valence-electron chi connectivity index (χ4n) is 3.73. The number of nitrogens with one attached hydrogen (secondary N) is 1. The highest BCUT2D eigenvalue weighted by molar-refractivity contribution is 7.99. The summed E-state index contributed by atoms with van der Waals surface area (Å²) in [4.78, 5) is 39.0. The summed E-state index contributed by atoms with van der Waals surface area (Å²) in [6.07, 6.45) is 3.32. The molecule has 2 rings (SSSR count). The minimum absolute atomic E-state index is 0.259. The number of carbonyl (C=O) groups excluding carboxylic acids is 2. The number of nitrogens with zero attached hydrogens (tertiary/aromatic N) is 1. The van der Waals surface area contributed by atoms with Crippen LogP contribution in [-0.2, 0) is 25.5 Å². The molecule has 0 aliphatic carbocycles. The number of carbonyl (C=O) groups is 3. The number of aryl methyl sites for hydroxylation is 1. The van der Waals surface area contributed by atoms with Gasteiger partial charge in [0.15, 0.2) is 0 Å². The largest absolute Gasteiger partial charge is 0.480 e. The first kappa shape index (κ1) is 25.2. The molecule has 172 valence electrons. The molecule has 1 fully saturated rings. The number of ether oxygens (including phenoxy) is 1. The molecule has 1 aliphatic heterocycles. The highest BCUT2D eigenvalue weighted by Crippen LogP contribution is 2.18. The highest BCUT2D eigenvalue weighted by atomic mass is 32.2. The molecule has 7 nitrogen and oxygen atoms in total. The van der Waals surface area contributed by atoms with E-state index in [1.54, 1.807) is 25.6 Å². The van der Waals surface area contributed by atoms with Gasteiger partial charge in [0, 0.05) is 12.3 Å². The lowest BCUT2D eigenvalue weighted by Crippen LogP contribution is -2.55. The molecule has 0 aromatic heterocycles. The van der Waals surface area contributed by atoms with Crippen LogP contribution in [-0.4, -0.2) is 70.6 Å². The number of hydrogen-bond acceptors (Lipinski definition) is 6. The maximum atomic E-state index is 13.2. The van der Waals surface area contributed by atoms with Crippen LogP contribution in [0.25, 0.3) is 0 Å².